The Kier molecular flexibility index (Phi) is 4.52. The minimum absolute atomic E-state index is 0.0961. The summed E-state index contributed by atoms with van der Waals surface area (Å²) in [4.78, 5) is 34.5. The van der Waals surface area contributed by atoms with E-state index in [-0.39, 0.29) is 6.04 Å². The molecule has 6 nitrogen and oxygen atoms in total. The zero-order chi connectivity index (χ0) is 14.5. The van der Waals surface area contributed by atoms with Crippen LogP contribution >= 0.6 is 11.3 Å². The average molecular weight is 294 g/mol. The number of thiophene rings is 1. The third-order valence-electron chi connectivity index (χ3n) is 2.97. The highest BCUT2D eigenvalue weighted by Gasteiger charge is 2.22. The molecule has 1 aromatic rings. The molecule has 1 unspecified atom stereocenters. The Balaban J connectivity index is 1.90. The lowest BCUT2D eigenvalue weighted by atomic mass is 9.94. The summed E-state index contributed by atoms with van der Waals surface area (Å²) in [6.45, 7) is 0. The fourth-order valence-corrected chi connectivity index (χ4v) is 3.12. The van der Waals surface area contributed by atoms with Crippen molar-refractivity contribution in [3.8, 4) is 0 Å². The fourth-order valence-electron chi connectivity index (χ4n) is 2.13. The van der Waals surface area contributed by atoms with Gasteiger partial charge in [0.25, 0.3) is 5.91 Å². The van der Waals surface area contributed by atoms with Gasteiger partial charge in [-0.1, -0.05) is 0 Å². The summed E-state index contributed by atoms with van der Waals surface area (Å²) in [7, 11) is 0. The third-order valence-corrected chi connectivity index (χ3v) is 3.97. The summed E-state index contributed by atoms with van der Waals surface area (Å²) in [5.41, 5.74) is 1.10. The molecule has 1 heterocycles. The molecule has 1 atom stereocenters. The normalized spacial score (nSPS) is 17.5. The van der Waals surface area contributed by atoms with Crippen LogP contribution in [0.4, 0.5) is 4.79 Å². The number of nitrogens with one attached hydrogen (secondary N) is 2. The number of urea groups is 1. The van der Waals surface area contributed by atoms with Crippen LogP contribution in [-0.2, 0) is 16.0 Å². The van der Waals surface area contributed by atoms with Crippen molar-refractivity contribution in [2.45, 2.75) is 25.3 Å². The number of fused-ring (bicyclic) bond motifs is 1. The number of imide groups is 1. The second kappa shape index (κ2) is 6.33. The van der Waals surface area contributed by atoms with Crippen molar-refractivity contribution in [2.75, 3.05) is 0 Å². The Morgan fingerprint density at radius 3 is 2.90 bits per heavy atom. The van der Waals surface area contributed by atoms with E-state index >= 15 is 0 Å². The number of rotatable bonds is 3. The van der Waals surface area contributed by atoms with Crippen LogP contribution in [0.5, 0.6) is 0 Å². The van der Waals surface area contributed by atoms with Crippen molar-refractivity contribution in [1.29, 1.82) is 0 Å². The van der Waals surface area contributed by atoms with Gasteiger partial charge in [-0.25, -0.2) is 9.59 Å². The molecule has 0 aromatic carbocycles. The van der Waals surface area contributed by atoms with Gasteiger partial charge in [-0.2, -0.15) is 0 Å². The highest BCUT2D eigenvalue weighted by atomic mass is 32.1. The molecule has 106 valence electrons. The van der Waals surface area contributed by atoms with E-state index in [2.05, 4.69) is 10.6 Å². The summed E-state index contributed by atoms with van der Waals surface area (Å²) in [5, 5.41) is 15.2. The van der Waals surface area contributed by atoms with Gasteiger partial charge in [-0.05, 0) is 36.3 Å². The molecule has 2 rings (SSSR count). The molecule has 0 aliphatic heterocycles. The lowest BCUT2D eigenvalue weighted by Gasteiger charge is -2.23. The number of hydrogen-bond acceptors (Lipinski definition) is 4. The summed E-state index contributed by atoms with van der Waals surface area (Å²) in [5.74, 6) is -2.00. The van der Waals surface area contributed by atoms with Gasteiger partial charge in [0.2, 0.25) is 0 Å². The van der Waals surface area contributed by atoms with Gasteiger partial charge in [-0.3, -0.25) is 10.1 Å². The zero-order valence-corrected chi connectivity index (χ0v) is 11.4. The van der Waals surface area contributed by atoms with Gasteiger partial charge in [0.15, 0.2) is 0 Å². The van der Waals surface area contributed by atoms with Gasteiger partial charge in [0.1, 0.15) is 0 Å². The second-order valence-electron chi connectivity index (χ2n) is 4.38. The monoisotopic (exact) mass is 294 g/mol. The average Bonchev–Trinajstić information content (AvgIpc) is 2.85. The number of carbonyl (C=O) groups is 3. The molecular weight excluding hydrogens is 280 g/mol. The van der Waals surface area contributed by atoms with Crippen LogP contribution in [0.15, 0.2) is 23.6 Å². The van der Waals surface area contributed by atoms with Crippen LogP contribution in [0, 0.1) is 0 Å². The first kappa shape index (κ1) is 14.3. The molecule has 0 radical (unpaired) electrons. The quantitative estimate of drug-likeness (QED) is 0.738. The van der Waals surface area contributed by atoms with E-state index in [4.69, 9.17) is 5.11 Å². The largest absolute Gasteiger partial charge is 0.478 e. The highest BCUT2D eigenvalue weighted by Crippen LogP contribution is 2.33. The maximum absolute atomic E-state index is 11.7. The molecule has 0 saturated carbocycles. The first-order valence-electron chi connectivity index (χ1n) is 6.15. The van der Waals surface area contributed by atoms with Crippen molar-refractivity contribution in [1.82, 2.24) is 10.6 Å². The summed E-state index contributed by atoms with van der Waals surface area (Å²) in [6.07, 6.45) is 4.33. The van der Waals surface area contributed by atoms with Gasteiger partial charge in [0.05, 0.1) is 6.04 Å². The van der Waals surface area contributed by atoms with E-state index in [1.807, 2.05) is 11.4 Å². The van der Waals surface area contributed by atoms with Crippen LogP contribution in [0.2, 0.25) is 0 Å². The van der Waals surface area contributed by atoms with Crippen LogP contribution in [0.3, 0.4) is 0 Å². The summed E-state index contributed by atoms with van der Waals surface area (Å²) >= 11 is 1.67. The molecule has 7 heteroatoms. The SMILES string of the molecule is O=C(O)C=CC(=O)NC(=O)NC1CCCc2sccc21. The Hall–Kier alpha value is -2.15. The Bertz CT molecular complexity index is 564. The Morgan fingerprint density at radius 2 is 2.15 bits per heavy atom. The standard InChI is InChI=1S/C13H14N2O4S/c16-11(4-5-12(17)18)15-13(19)14-9-2-1-3-10-8(9)6-7-20-10/h4-7,9H,1-3H2,(H,17,18)(H2,14,15,16,19). The van der Waals surface area contributed by atoms with Gasteiger partial charge >= 0.3 is 12.0 Å². The lowest BCUT2D eigenvalue weighted by molar-refractivity contribution is -0.131. The van der Waals surface area contributed by atoms with E-state index in [1.54, 1.807) is 11.3 Å². The topological polar surface area (TPSA) is 95.5 Å². The molecule has 0 bridgehead atoms. The summed E-state index contributed by atoms with van der Waals surface area (Å²) < 4.78 is 0. The van der Waals surface area contributed by atoms with Crippen LogP contribution in [0.1, 0.15) is 29.3 Å². The summed E-state index contributed by atoms with van der Waals surface area (Å²) in [6, 6.07) is 1.27. The van der Waals surface area contributed by atoms with Crippen LogP contribution < -0.4 is 10.6 Å². The van der Waals surface area contributed by atoms with Gasteiger partial charge in [-0.15, -0.1) is 11.3 Å². The van der Waals surface area contributed by atoms with E-state index in [0.29, 0.717) is 6.08 Å². The molecule has 3 amide bonds. The van der Waals surface area contributed by atoms with Crippen LogP contribution in [-0.4, -0.2) is 23.0 Å². The van der Waals surface area contributed by atoms with Crippen LogP contribution in [0.25, 0.3) is 0 Å². The van der Waals surface area contributed by atoms with Crippen molar-refractivity contribution < 1.29 is 19.5 Å². The Morgan fingerprint density at radius 1 is 1.35 bits per heavy atom. The van der Waals surface area contributed by atoms with E-state index < -0.39 is 17.9 Å². The number of carboxylic acids is 1. The van der Waals surface area contributed by atoms with Crippen molar-refractivity contribution in [3.63, 3.8) is 0 Å². The van der Waals surface area contributed by atoms with Gasteiger partial charge < -0.3 is 10.4 Å². The van der Waals surface area contributed by atoms with E-state index in [0.717, 1.165) is 30.9 Å². The number of aliphatic carboxylic acids is 1. The minimum Gasteiger partial charge on any atom is -0.478 e. The predicted molar refractivity (Wildman–Crippen MR) is 73.4 cm³/mol. The van der Waals surface area contributed by atoms with E-state index in [1.165, 1.54) is 4.88 Å². The minimum atomic E-state index is -1.24. The van der Waals surface area contributed by atoms with Crippen molar-refractivity contribution >= 4 is 29.2 Å². The molecule has 0 spiro atoms. The second-order valence-corrected chi connectivity index (χ2v) is 5.38. The fraction of sp³-hybridized carbons (Fsp3) is 0.308. The van der Waals surface area contributed by atoms with Crippen molar-refractivity contribution in [2.24, 2.45) is 0 Å². The molecule has 1 aromatic heterocycles. The third kappa shape index (κ3) is 3.67. The maximum atomic E-state index is 11.7. The smallest absolute Gasteiger partial charge is 0.328 e. The van der Waals surface area contributed by atoms with E-state index in [9.17, 15) is 14.4 Å². The number of carboxylic acid groups (broad SMARTS) is 1. The molecular formula is C13H14N2O4S. The first-order valence-corrected chi connectivity index (χ1v) is 7.03. The number of amides is 3. The maximum Gasteiger partial charge on any atom is 0.328 e. The molecule has 3 N–H and O–H groups in total. The Labute approximate surface area is 119 Å². The predicted octanol–water partition coefficient (Wildman–Crippen LogP) is 1.59. The zero-order valence-electron chi connectivity index (χ0n) is 10.6. The molecule has 20 heavy (non-hydrogen) atoms. The number of hydrogen-bond donors (Lipinski definition) is 3. The highest BCUT2D eigenvalue weighted by molar-refractivity contribution is 7.10. The van der Waals surface area contributed by atoms with Crippen molar-refractivity contribution in [3.05, 3.63) is 34.0 Å². The number of carbonyl (C=O) groups excluding carboxylic acids is 2. The molecule has 0 saturated heterocycles. The molecule has 1 aliphatic rings. The molecule has 0 fully saturated rings. The first-order chi connectivity index (χ1) is 9.56. The van der Waals surface area contributed by atoms with Gasteiger partial charge in [0, 0.05) is 17.0 Å². The lowest BCUT2D eigenvalue weighted by Crippen LogP contribution is -2.41. The molecule has 1 aliphatic carbocycles. The number of aryl methyl sites for hydroxylation is 1.